The van der Waals surface area contributed by atoms with Gasteiger partial charge in [0.2, 0.25) is 0 Å². The van der Waals surface area contributed by atoms with Gasteiger partial charge in [0, 0.05) is 18.2 Å². The Morgan fingerprint density at radius 2 is 2.00 bits per heavy atom. The quantitative estimate of drug-likeness (QED) is 0.754. The van der Waals surface area contributed by atoms with Gasteiger partial charge in [0.05, 0.1) is 0 Å². The fourth-order valence-electron chi connectivity index (χ4n) is 2.71. The molecule has 86 valence electrons. The fraction of sp³-hybridized carbons (Fsp3) is 0.769. The van der Waals surface area contributed by atoms with Crippen LogP contribution in [0.15, 0.2) is 12.3 Å². The van der Waals surface area contributed by atoms with E-state index in [1.165, 1.54) is 0 Å². The molecule has 2 nitrogen and oxygen atoms in total. The van der Waals surface area contributed by atoms with E-state index in [2.05, 4.69) is 32.7 Å². The molecule has 1 saturated carbocycles. The van der Waals surface area contributed by atoms with Gasteiger partial charge in [0.1, 0.15) is 5.78 Å². The van der Waals surface area contributed by atoms with Crippen LogP contribution in [0.3, 0.4) is 0 Å². The van der Waals surface area contributed by atoms with Crippen molar-refractivity contribution in [3.63, 3.8) is 0 Å². The normalized spacial score (nSPS) is 29.4. The van der Waals surface area contributed by atoms with Crippen molar-refractivity contribution in [1.82, 2.24) is 5.32 Å². The highest BCUT2D eigenvalue weighted by Crippen LogP contribution is 2.61. The lowest BCUT2D eigenvalue weighted by Crippen LogP contribution is -2.17. The highest BCUT2D eigenvalue weighted by atomic mass is 16.1. The molecule has 1 N–H and O–H groups in total. The van der Waals surface area contributed by atoms with Crippen molar-refractivity contribution < 1.29 is 4.79 Å². The minimum atomic E-state index is 0.192. The molecule has 1 aliphatic carbocycles. The van der Waals surface area contributed by atoms with Gasteiger partial charge >= 0.3 is 0 Å². The van der Waals surface area contributed by atoms with Gasteiger partial charge in [-0.05, 0) is 31.1 Å². The summed E-state index contributed by atoms with van der Waals surface area (Å²) in [6, 6.07) is 0. The largest absolute Gasteiger partial charge is 0.389 e. The number of allylic oxidation sites excluding steroid dienone is 1. The Morgan fingerprint density at radius 3 is 2.40 bits per heavy atom. The summed E-state index contributed by atoms with van der Waals surface area (Å²) in [6.45, 7) is 15.0. The van der Waals surface area contributed by atoms with Crippen LogP contribution < -0.4 is 5.32 Å². The zero-order valence-electron chi connectivity index (χ0n) is 10.6. The second kappa shape index (κ2) is 3.99. The van der Waals surface area contributed by atoms with E-state index in [0.29, 0.717) is 23.0 Å². The van der Waals surface area contributed by atoms with Crippen LogP contribution in [0.1, 0.15) is 34.6 Å². The van der Waals surface area contributed by atoms with Crippen molar-refractivity contribution in [1.29, 1.82) is 0 Å². The summed E-state index contributed by atoms with van der Waals surface area (Å²) in [7, 11) is 0. The number of ketones is 1. The molecule has 1 aliphatic rings. The zero-order valence-corrected chi connectivity index (χ0v) is 10.6. The summed E-state index contributed by atoms with van der Waals surface area (Å²) in [5.74, 6) is 1.64. The van der Waals surface area contributed by atoms with Crippen molar-refractivity contribution in [3.05, 3.63) is 12.3 Å². The molecule has 0 amide bonds. The number of hydrogen-bond donors (Lipinski definition) is 1. The molecule has 2 unspecified atom stereocenters. The molecule has 0 spiro atoms. The van der Waals surface area contributed by atoms with E-state index in [1.54, 1.807) is 6.92 Å². The van der Waals surface area contributed by atoms with Crippen LogP contribution in [-0.2, 0) is 4.79 Å². The number of Topliss-reactive ketones (excluding diaryl/α,β-unsaturated/α-hetero) is 1. The van der Waals surface area contributed by atoms with Gasteiger partial charge in [-0.1, -0.05) is 27.4 Å². The fourth-order valence-corrected chi connectivity index (χ4v) is 2.71. The lowest BCUT2D eigenvalue weighted by atomic mass is 9.96. The molecular weight excluding hydrogens is 186 g/mol. The lowest BCUT2D eigenvalue weighted by molar-refractivity contribution is -0.121. The van der Waals surface area contributed by atoms with Crippen molar-refractivity contribution in [2.75, 3.05) is 6.54 Å². The van der Waals surface area contributed by atoms with Crippen LogP contribution in [-0.4, -0.2) is 12.3 Å². The minimum Gasteiger partial charge on any atom is -0.389 e. The van der Waals surface area contributed by atoms with Gasteiger partial charge in [0.25, 0.3) is 0 Å². The predicted molar refractivity (Wildman–Crippen MR) is 63.4 cm³/mol. The Bertz CT molecular complexity index is 280. The molecule has 0 aliphatic heterocycles. The maximum absolute atomic E-state index is 11.4. The molecule has 15 heavy (non-hydrogen) atoms. The van der Waals surface area contributed by atoms with Gasteiger partial charge in [0.15, 0.2) is 0 Å². The van der Waals surface area contributed by atoms with E-state index in [9.17, 15) is 4.79 Å². The maximum Gasteiger partial charge on any atom is 0.132 e. The average molecular weight is 209 g/mol. The first-order chi connectivity index (χ1) is 6.78. The number of carbonyl (C=O) groups is 1. The van der Waals surface area contributed by atoms with Crippen molar-refractivity contribution in [3.8, 4) is 0 Å². The molecule has 2 heteroatoms. The molecule has 0 radical (unpaired) electrons. The predicted octanol–water partition coefficient (Wildman–Crippen LogP) is 2.61. The van der Waals surface area contributed by atoms with E-state index in [4.69, 9.17) is 0 Å². The number of hydrogen-bond acceptors (Lipinski definition) is 2. The summed E-state index contributed by atoms with van der Waals surface area (Å²) >= 11 is 0. The molecule has 0 bridgehead atoms. The van der Waals surface area contributed by atoms with Gasteiger partial charge in [-0.2, -0.15) is 0 Å². The Hall–Kier alpha value is -0.790. The number of rotatable bonds is 5. The summed E-state index contributed by atoms with van der Waals surface area (Å²) in [4.78, 5) is 11.4. The monoisotopic (exact) mass is 209 g/mol. The van der Waals surface area contributed by atoms with Crippen LogP contribution in [0, 0.1) is 23.2 Å². The summed E-state index contributed by atoms with van der Waals surface area (Å²) in [5, 5.41) is 3.28. The van der Waals surface area contributed by atoms with Crippen LogP contribution in [0.2, 0.25) is 0 Å². The molecule has 0 aromatic carbocycles. The third-order valence-electron chi connectivity index (χ3n) is 3.94. The van der Waals surface area contributed by atoms with E-state index < -0.39 is 0 Å². The van der Waals surface area contributed by atoms with E-state index in [0.717, 1.165) is 12.2 Å². The maximum atomic E-state index is 11.4. The zero-order chi connectivity index (χ0) is 11.8. The van der Waals surface area contributed by atoms with Gasteiger partial charge in [-0.15, -0.1) is 0 Å². The summed E-state index contributed by atoms with van der Waals surface area (Å²) in [6.07, 6.45) is 0. The smallest absolute Gasteiger partial charge is 0.132 e. The second-order valence-corrected chi connectivity index (χ2v) is 5.51. The van der Waals surface area contributed by atoms with Crippen molar-refractivity contribution >= 4 is 5.78 Å². The molecule has 0 saturated heterocycles. The first-order valence-corrected chi connectivity index (χ1v) is 5.68. The van der Waals surface area contributed by atoms with Gasteiger partial charge in [-0.25, -0.2) is 0 Å². The van der Waals surface area contributed by atoms with Crippen LogP contribution in [0.25, 0.3) is 0 Å². The van der Waals surface area contributed by atoms with Crippen molar-refractivity contribution in [2.45, 2.75) is 34.6 Å². The Kier molecular flexibility index (Phi) is 3.27. The highest BCUT2D eigenvalue weighted by Gasteiger charge is 2.59. The Morgan fingerprint density at radius 1 is 1.47 bits per heavy atom. The molecule has 1 rings (SSSR count). The molecule has 0 aromatic rings. The van der Waals surface area contributed by atoms with E-state index >= 15 is 0 Å². The van der Waals surface area contributed by atoms with Gasteiger partial charge in [-0.3, -0.25) is 4.79 Å². The van der Waals surface area contributed by atoms with Crippen molar-refractivity contribution in [2.24, 2.45) is 23.2 Å². The molecule has 3 atom stereocenters. The summed E-state index contributed by atoms with van der Waals surface area (Å²) < 4.78 is 0. The number of carbonyl (C=O) groups excluding carboxylic acids is 1. The lowest BCUT2D eigenvalue weighted by Gasteiger charge is -2.08. The highest BCUT2D eigenvalue weighted by molar-refractivity contribution is 5.78. The third-order valence-corrected chi connectivity index (χ3v) is 3.94. The first-order valence-electron chi connectivity index (χ1n) is 5.68. The van der Waals surface area contributed by atoms with E-state index in [-0.39, 0.29) is 5.92 Å². The Balaban J connectivity index is 2.55. The second-order valence-electron chi connectivity index (χ2n) is 5.51. The van der Waals surface area contributed by atoms with Crippen LogP contribution in [0.5, 0.6) is 0 Å². The molecule has 0 aromatic heterocycles. The number of nitrogens with one attached hydrogen (secondary N) is 1. The molecule has 1 fully saturated rings. The summed E-state index contributed by atoms with van der Waals surface area (Å²) in [5.41, 5.74) is 1.31. The van der Waals surface area contributed by atoms with Gasteiger partial charge < -0.3 is 5.32 Å². The molecule has 0 heterocycles. The molecular formula is C13H23NO. The third kappa shape index (κ3) is 2.42. The van der Waals surface area contributed by atoms with E-state index in [1.807, 2.05) is 6.92 Å². The minimum absolute atomic E-state index is 0.192. The SMILES string of the molecule is C=C(C)NCC1[C@@H](C(C)C(C)=O)C1(C)C. The standard InChI is InChI=1S/C13H23NO/c1-8(2)14-7-11-12(13(11,5)6)9(3)10(4)15/h9,11-12,14H,1,7H2,2-6H3/t9?,11?,12-/m1/s1. The average Bonchev–Trinajstić information content (AvgIpc) is 2.63. The first kappa shape index (κ1) is 12.3. The Labute approximate surface area is 93.1 Å². The van der Waals surface area contributed by atoms with Crippen LogP contribution in [0.4, 0.5) is 0 Å². The topological polar surface area (TPSA) is 29.1 Å². The van der Waals surface area contributed by atoms with Crippen LogP contribution >= 0.6 is 0 Å².